The molecule has 0 aliphatic heterocycles. The summed E-state index contributed by atoms with van der Waals surface area (Å²) in [5.74, 6) is -0.246. The monoisotopic (exact) mass is 257 g/mol. The Morgan fingerprint density at radius 3 is 2.29 bits per heavy atom. The van der Waals surface area contributed by atoms with Gasteiger partial charge in [0.25, 0.3) is 0 Å². The van der Waals surface area contributed by atoms with Crippen LogP contribution in [0.4, 0.5) is 0 Å². The van der Waals surface area contributed by atoms with Crippen molar-refractivity contribution in [3.05, 3.63) is 35.4 Å². The summed E-state index contributed by atoms with van der Waals surface area (Å²) in [6.45, 7) is 3.27. The Morgan fingerprint density at radius 2 is 1.82 bits per heavy atom. The first-order valence-corrected chi connectivity index (χ1v) is 5.54. The summed E-state index contributed by atoms with van der Waals surface area (Å²) in [5.41, 5.74) is 1.85. The van der Waals surface area contributed by atoms with Crippen molar-refractivity contribution in [2.24, 2.45) is 0 Å². The summed E-state index contributed by atoms with van der Waals surface area (Å²) in [6, 6.07) is 7.55. The first-order valence-electron chi connectivity index (χ1n) is 5.54. The van der Waals surface area contributed by atoms with E-state index in [1.807, 2.05) is 43.3 Å². The molecule has 0 spiro atoms. The molecule has 1 aromatic rings. The van der Waals surface area contributed by atoms with Crippen LogP contribution in [0, 0.1) is 0 Å². The highest BCUT2D eigenvalue weighted by Gasteiger charge is 2.06. The number of benzene rings is 1. The highest BCUT2D eigenvalue weighted by Crippen LogP contribution is 2.06. The summed E-state index contributed by atoms with van der Waals surface area (Å²) >= 11 is 0. The van der Waals surface area contributed by atoms with Crippen molar-refractivity contribution in [1.82, 2.24) is 4.90 Å². The van der Waals surface area contributed by atoms with Crippen molar-refractivity contribution >= 4 is 18.4 Å². The highest BCUT2D eigenvalue weighted by atomic mass is 35.5. The van der Waals surface area contributed by atoms with Gasteiger partial charge in [0.05, 0.1) is 5.56 Å². The molecular formula is C13H20ClNO2. The van der Waals surface area contributed by atoms with E-state index < -0.39 is 0 Å². The van der Waals surface area contributed by atoms with E-state index in [1.54, 1.807) is 0 Å². The van der Waals surface area contributed by atoms with Gasteiger partial charge in [-0.1, -0.05) is 19.1 Å². The van der Waals surface area contributed by atoms with Crippen molar-refractivity contribution in [3.8, 4) is 0 Å². The summed E-state index contributed by atoms with van der Waals surface area (Å²) in [7, 11) is 3.90. The van der Waals surface area contributed by atoms with Gasteiger partial charge in [0.2, 0.25) is 0 Å². The van der Waals surface area contributed by atoms with Gasteiger partial charge in [-0.05, 0) is 38.2 Å². The number of carbonyl (C=O) groups is 1. The van der Waals surface area contributed by atoms with E-state index in [1.165, 1.54) is 5.56 Å². The molecule has 17 heavy (non-hydrogen) atoms. The van der Waals surface area contributed by atoms with E-state index in [9.17, 15) is 4.79 Å². The van der Waals surface area contributed by atoms with Gasteiger partial charge in [0.1, 0.15) is 6.61 Å². The standard InChI is InChI=1S/C13H19NO2.ClH/c1-4-11-5-7-12(8-6-11)13(15)16-10-9-14(2)3;/h5-8H,4,9-10H2,1-3H3;1H. The second-order valence-electron chi connectivity index (χ2n) is 3.99. The van der Waals surface area contributed by atoms with E-state index in [-0.39, 0.29) is 18.4 Å². The zero-order chi connectivity index (χ0) is 12.0. The van der Waals surface area contributed by atoms with Crippen molar-refractivity contribution in [1.29, 1.82) is 0 Å². The molecule has 0 heterocycles. The zero-order valence-corrected chi connectivity index (χ0v) is 11.4. The molecule has 1 rings (SSSR count). The van der Waals surface area contributed by atoms with Crippen LogP contribution < -0.4 is 0 Å². The van der Waals surface area contributed by atoms with Crippen LogP contribution in [0.2, 0.25) is 0 Å². The number of hydrogen-bond donors (Lipinski definition) is 0. The van der Waals surface area contributed by atoms with Gasteiger partial charge in [-0.3, -0.25) is 0 Å². The Hall–Kier alpha value is -1.06. The maximum atomic E-state index is 11.6. The lowest BCUT2D eigenvalue weighted by atomic mass is 10.1. The number of esters is 1. The lowest BCUT2D eigenvalue weighted by Gasteiger charge is -2.10. The normalized spacial score (nSPS) is 9.88. The third-order valence-electron chi connectivity index (χ3n) is 2.37. The Morgan fingerprint density at radius 1 is 1.24 bits per heavy atom. The second kappa shape index (κ2) is 8.09. The molecule has 0 unspecified atom stereocenters. The van der Waals surface area contributed by atoms with E-state index in [4.69, 9.17) is 4.74 Å². The number of rotatable bonds is 5. The fourth-order valence-electron chi connectivity index (χ4n) is 1.28. The predicted molar refractivity (Wildman–Crippen MR) is 71.9 cm³/mol. The van der Waals surface area contributed by atoms with E-state index in [0.717, 1.165) is 13.0 Å². The number of halogens is 1. The minimum atomic E-state index is -0.246. The molecule has 0 N–H and O–H groups in total. The van der Waals surface area contributed by atoms with Crippen LogP contribution in [0.5, 0.6) is 0 Å². The number of aryl methyl sites for hydroxylation is 1. The quantitative estimate of drug-likeness (QED) is 0.759. The Kier molecular flexibility index (Phi) is 7.59. The van der Waals surface area contributed by atoms with E-state index in [0.29, 0.717) is 12.2 Å². The molecule has 0 amide bonds. The second-order valence-corrected chi connectivity index (χ2v) is 3.99. The van der Waals surface area contributed by atoms with Crippen LogP contribution in [-0.2, 0) is 11.2 Å². The topological polar surface area (TPSA) is 29.5 Å². The fraction of sp³-hybridized carbons (Fsp3) is 0.462. The largest absolute Gasteiger partial charge is 0.461 e. The zero-order valence-electron chi connectivity index (χ0n) is 10.6. The van der Waals surface area contributed by atoms with Crippen LogP contribution in [0.25, 0.3) is 0 Å². The maximum absolute atomic E-state index is 11.6. The van der Waals surface area contributed by atoms with Gasteiger partial charge in [-0.25, -0.2) is 4.79 Å². The first kappa shape index (κ1) is 15.9. The molecule has 0 radical (unpaired) electrons. The van der Waals surface area contributed by atoms with Gasteiger partial charge in [0.15, 0.2) is 0 Å². The summed E-state index contributed by atoms with van der Waals surface area (Å²) in [4.78, 5) is 13.6. The fourth-order valence-corrected chi connectivity index (χ4v) is 1.28. The number of likely N-dealkylation sites (N-methyl/N-ethyl adjacent to an activating group) is 1. The molecule has 3 nitrogen and oxygen atoms in total. The molecule has 0 aliphatic carbocycles. The van der Waals surface area contributed by atoms with Crippen molar-refractivity contribution in [2.75, 3.05) is 27.2 Å². The molecule has 0 fully saturated rings. The number of carbonyl (C=O) groups excluding carboxylic acids is 1. The molecule has 0 aliphatic rings. The van der Waals surface area contributed by atoms with Crippen LogP contribution in [0.1, 0.15) is 22.8 Å². The molecule has 1 aromatic carbocycles. The first-order chi connectivity index (χ1) is 7.63. The lowest BCUT2D eigenvalue weighted by molar-refractivity contribution is 0.0482. The molecular weight excluding hydrogens is 238 g/mol. The van der Waals surface area contributed by atoms with Crippen LogP contribution >= 0.6 is 12.4 Å². The van der Waals surface area contributed by atoms with Gasteiger partial charge in [0, 0.05) is 6.54 Å². The summed E-state index contributed by atoms with van der Waals surface area (Å²) in [5, 5.41) is 0. The average Bonchev–Trinajstić information content (AvgIpc) is 2.28. The number of nitrogens with zero attached hydrogens (tertiary/aromatic N) is 1. The SMILES string of the molecule is CCc1ccc(C(=O)OCCN(C)C)cc1.Cl. The Bertz CT molecular complexity index is 336. The minimum Gasteiger partial charge on any atom is -0.461 e. The number of hydrogen-bond acceptors (Lipinski definition) is 3. The molecule has 0 aromatic heterocycles. The van der Waals surface area contributed by atoms with E-state index >= 15 is 0 Å². The molecule has 0 saturated carbocycles. The summed E-state index contributed by atoms with van der Waals surface area (Å²) in [6.07, 6.45) is 0.982. The van der Waals surface area contributed by atoms with Crippen molar-refractivity contribution < 1.29 is 9.53 Å². The third kappa shape index (κ3) is 5.71. The van der Waals surface area contributed by atoms with Gasteiger partial charge in [-0.15, -0.1) is 12.4 Å². The highest BCUT2D eigenvalue weighted by molar-refractivity contribution is 5.89. The average molecular weight is 258 g/mol. The molecule has 0 saturated heterocycles. The Labute approximate surface area is 109 Å². The minimum absolute atomic E-state index is 0. The van der Waals surface area contributed by atoms with Crippen molar-refractivity contribution in [3.63, 3.8) is 0 Å². The smallest absolute Gasteiger partial charge is 0.338 e. The van der Waals surface area contributed by atoms with Gasteiger partial charge >= 0.3 is 5.97 Å². The van der Waals surface area contributed by atoms with Crippen LogP contribution in [0.15, 0.2) is 24.3 Å². The molecule has 96 valence electrons. The lowest BCUT2D eigenvalue weighted by Crippen LogP contribution is -2.20. The predicted octanol–water partition coefficient (Wildman–Crippen LogP) is 2.39. The Balaban J connectivity index is 0.00000256. The molecule has 4 heteroatoms. The summed E-state index contributed by atoms with van der Waals surface area (Å²) < 4.78 is 5.13. The van der Waals surface area contributed by atoms with Crippen molar-refractivity contribution in [2.45, 2.75) is 13.3 Å². The third-order valence-corrected chi connectivity index (χ3v) is 2.37. The van der Waals surface area contributed by atoms with Gasteiger partial charge in [-0.2, -0.15) is 0 Å². The maximum Gasteiger partial charge on any atom is 0.338 e. The molecule has 0 atom stereocenters. The van der Waals surface area contributed by atoms with E-state index in [2.05, 4.69) is 6.92 Å². The van der Waals surface area contributed by atoms with Crippen LogP contribution in [-0.4, -0.2) is 38.1 Å². The number of ether oxygens (including phenoxy) is 1. The van der Waals surface area contributed by atoms with Crippen LogP contribution in [0.3, 0.4) is 0 Å². The van der Waals surface area contributed by atoms with Gasteiger partial charge < -0.3 is 9.64 Å². The molecule has 0 bridgehead atoms.